The van der Waals surface area contributed by atoms with E-state index < -0.39 is 0 Å². The van der Waals surface area contributed by atoms with Gasteiger partial charge in [0.2, 0.25) is 0 Å². The first-order chi connectivity index (χ1) is 9.61. The predicted molar refractivity (Wildman–Crippen MR) is 80.0 cm³/mol. The van der Waals surface area contributed by atoms with Gasteiger partial charge in [0.15, 0.2) is 5.13 Å². The molecule has 2 rings (SSSR count). The van der Waals surface area contributed by atoms with Gasteiger partial charge in [-0.05, 0) is 12.5 Å². The summed E-state index contributed by atoms with van der Waals surface area (Å²) < 4.78 is 4.95. The third-order valence-corrected chi connectivity index (χ3v) is 3.95. The van der Waals surface area contributed by atoms with E-state index in [1.165, 1.54) is 11.3 Å². The minimum Gasteiger partial charge on any atom is -0.472 e. The van der Waals surface area contributed by atoms with Crippen LogP contribution in [-0.2, 0) is 6.54 Å². The van der Waals surface area contributed by atoms with Gasteiger partial charge in [0.05, 0.1) is 12.5 Å². The van der Waals surface area contributed by atoms with Crippen molar-refractivity contribution in [2.45, 2.75) is 19.9 Å². The molecule has 3 N–H and O–H groups in total. The zero-order valence-corrected chi connectivity index (χ0v) is 12.4. The highest BCUT2D eigenvalue weighted by Gasteiger charge is 2.17. The normalized spacial score (nSPS) is 10.5. The first kappa shape index (κ1) is 14.4. The van der Waals surface area contributed by atoms with Gasteiger partial charge in [0.1, 0.15) is 10.7 Å². The molecule has 0 bridgehead atoms. The fourth-order valence-electron chi connectivity index (χ4n) is 1.73. The minimum absolute atomic E-state index is 0.211. The van der Waals surface area contributed by atoms with Crippen molar-refractivity contribution in [2.24, 2.45) is 0 Å². The highest BCUT2D eigenvalue weighted by molar-refractivity contribution is 7.18. The summed E-state index contributed by atoms with van der Waals surface area (Å²) in [5, 5.41) is 3.56. The van der Waals surface area contributed by atoms with Crippen molar-refractivity contribution in [2.75, 3.05) is 24.2 Å². The smallest absolute Gasteiger partial charge is 0.265 e. The molecule has 0 saturated carbocycles. The molecule has 2 aromatic heterocycles. The molecule has 0 fully saturated rings. The Kier molecular flexibility index (Phi) is 4.62. The lowest BCUT2D eigenvalue weighted by Gasteiger charge is -2.13. The molecular formula is C13H18N4O2S. The first-order valence-electron chi connectivity index (χ1n) is 6.38. The van der Waals surface area contributed by atoms with Crippen molar-refractivity contribution in [1.29, 1.82) is 0 Å². The number of rotatable bonds is 6. The fourth-order valence-corrected chi connectivity index (χ4v) is 2.62. The van der Waals surface area contributed by atoms with Gasteiger partial charge < -0.3 is 20.4 Å². The van der Waals surface area contributed by atoms with E-state index >= 15 is 0 Å². The molecule has 108 valence electrons. The molecule has 0 saturated heterocycles. The molecular weight excluding hydrogens is 276 g/mol. The van der Waals surface area contributed by atoms with Gasteiger partial charge in [-0.1, -0.05) is 18.3 Å². The van der Waals surface area contributed by atoms with Crippen LogP contribution in [0.4, 0.5) is 10.9 Å². The van der Waals surface area contributed by atoms with E-state index in [0.29, 0.717) is 11.4 Å². The fraction of sp³-hybridized carbons (Fsp3) is 0.385. The number of nitrogens with zero attached hydrogens (tertiary/aromatic N) is 2. The van der Waals surface area contributed by atoms with Crippen molar-refractivity contribution in [1.82, 2.24) is 10.3 Å². The van der Waals surface area contributed by atoms with Gasteiger partial charge in [-0.15, -0.1) is 0 Å². The van der Waals surface area contributed by atoms with E-state index in [2.05, 4.69) is 17.2 Å². The molecule has 2 aromatic rings. The van der Waals surface area contributed by atoms with Crippen molar-refractivity contribution in [3.63, 3.8) is 0 Å². The molecule has 0 radical (unpaired) electrons. The maximum Gasteiger partial charge on any atom is 0.265 e. The van der Waals surface area contributed by atoms with Gasteiger partial charge in [0.25, 0.3) is 5.91 Å². The number of nitrogens with two attached hydrogens (primary N) is 1. The maximum absolute atomic E-state index is 12.1. The van der Waals surface area contributed by atoms with Crippen LogP contribution < -0.4 is 16.0 Å². The summed E-state index contributed by atoms with van der Waals surface area (Å²) in [6.45, 7) is 3.38. The summed E-state index contributed by atoms with van der Waals surface area (Å²) in [6, 6.07) is 1.80. The van der Waals surface area contributed by atoms with Gasteiger partial charge >= 0.3 is 0 Å². The highest BCUT2D eigenvalue weighted by Crippen LogP contribution is 2.27. The van der Waals surface area contributed by atoms with Crippen LogP contribution in [0.1, 0.15) is 28.6 Å². The lowest BCUT2D eigenvalue weighted by molar-refractivity contribution is 0.0955. The third kappa shape index (κ3) is 3.30. The van der Waals surface area contributed by atoms with Crippen LogP contribution in [0, 0.1) is 0 Å². The van der Waals surface area contributed by atoms with Crippen LogP contribution in [0.3, 0.4) is 0 Å². The van der Waals surface area contributed by atoms with Crippen LogP contribution in [0.5, 0.6) is 0 Å². The van der Waals surface area contributed by atoms with Crippen molar-refractivity contribution in [3.05, 3.63) is 29.0 Å². The minimum atomic E-state index is -0.211. The van der Waals surface area contributed by atoms with Crippen LogP contribution in [-0.4, -0.2) is 24.5 Å². The number of nitrogen functional groups attached to an aromatic ring is 1. The van der Waals surface area contributed by atoms with Crippen LogP contribution in [0.15, 0.2) is 23.0 Å². The first-order valence-corrected chi connectivity index (χ1v) is 7.20. The summed E-state index contributed by atoms with van der Waals surface area (Å²) in [5.41, 5.74) is 6.73. The molecule has 1 amide bonds. The Balaban J connectivity index is 2.02. The summed E-state index contributed by atoms with van der Waals surface area (Å²) in [4.78, 5) is 18.8. The summed E-state index contributed by atoms with van der Waals surface area (Å²) >= 11 is 1.31. The second-order valence-electron chi connectivity index (χ2n) is 4.45. The monoisotopic (exact) mass is 294 g/mol. The number of anilines is 2. The summed E-state index contributed by atoms with van der Waals surface area (Å²) in [6.07, 6.45) is 4.18. The zero-order chi connectivity index (χ0) is 14.5. The van der Waals surface area contributed by atoms with Gasteiger partial charge in [-0.2, -0.15) is 0 Å². The molecule has 2 heterocycles. The van der Waals surface area contributed by atoms with Gasteiger partial charge in [-0.3, -0.25) is 4.79 Å². The van der Waals surface area contributed by atoms with Crippen molar-refractivity contribution < 1.29 is 9.21 Å². The lowest BCUT2D eigenvalue weighted by atomic mass is 10.3. The number of thiazole rings is 1. The average molecular weight is 294 g/mol. The quantitative estimate of drug-likeness (QED) is 0.852. The number of aromatic nitrogens is 1. The maximum atomic E-state index is 12.1. The zero-order valence-electron chi connectivity index (χ0n) is 11.5. The van der Waals surface area contributed by atoms with E-state index in [1.54, 1.807) is 18.6 Å². The van der Waals surface area contributed by atoms with Gasteiger partial charge in [-0.25, -0.2) is 4.98 Å². The molecule has 0 unspecified atom stereocenters. The average Bonchev–Trinajstić information content (AvgIpc) is 3.05. The topological polar surface area (TPSA) is 84.4 Å². The Hall–Kier alpha value is -2.02. The Morgan fingerprint density at radius 2 is 2.40 bits per heavy atom. The van der Waals surface area contributed by atoms with Crippen LogP contribution >= 0.6 is 11.3 Å². The number of nitrogens with one attached hydrogen (secondary N) is 1. The largest absolute Gasteiger partial charge is 0.472 e. The van der Waals surface area contributed by atoms with E-state index in [1.807, 2.05) is 11.9 Å². The summed E-state index contributed by atoms with van der Waals surface area (Å²) in [5.74, 6) is 0.0648. The lowest BCUT2D eigenvalue weighted by Crippen LogP contribution is -2.22. The van der Waals surface area contributed by atoms with Crippen molar-refractivity contribution in [3.8, 4) is 0 Å². The number of hydrogen-bond donors (Lipinski definition) is 2. The summed E-state index contributed by atoms with van der Waals surface area (Å²) in [7, 11) is 1.94. The number of carbonyl (C=O) groups is 1. The number of furan rings is 1. The van der Waals surface area contributed by atoms with E-state index in [-0.39, 0.29) is 11.7 Å². The molecule has 20 heavy (non-hydrogen) atoms. The highest BCUT2D eigenvalue weighted by atomic mass is 32.1. The SMILES string of the molecule is CCCN(C)c1nc(N)c(C(=O)NCc2ccoc2)s1. The number of carbonyl (C=O) groups excluding carboxylic acids is 1. The molecule has 0 aliphatic heterocycles. The second kappa shape index (κ2) is 6.42. The van der Waals surface area contributed by atoms with E-state index in [4.69, 9.17) is 10.2 Å². The third-order valence-electron chi connectivity index (χ3n) is 2.77. The molecule has 0 aliphatic carbocycles. The van der Waals surface area contributed by atoms with E-state index in [0.717, 1.165) is 23.7 Å². The standard InChI is InChI=1S/C13H18N4O2S/c1-3-5-17(2)13-16-11(14)10(20-13)12(18)15-7-9-4-6-19-8-9/h4,6,8H,3,5,7,14H2,1-2H3,(H,15,18). The van der Waals surface area contributed by atoms with Gasteiger partial charge in [0, 0.05) is 25.7 Å². The molecule has 0 aromatic carbocycles. The van der Waals surface area contributed by atoms with E-state index in [9.17, 15) is 4.79 Å². The second-order valence-corrected chi connectivity index (χ2v) is 5.42. The Bertz CT molecular complexity index is 565. The molecule has 6 nitrogen and oxygen atoms in total. The number of amides is 1. The Morgan fingerprint density at radius 1 is 1.60 bits per heavy atom. The predicted octanol–water partition coefficient (Wildman–Crippen LogP) is 2.09. The number of hydrogen-bond acceptors (Lipinski definition) is 6. The molecule has 0 spiro atoms. The Labute approximate surface area is 121 Å². The molecule has 7 heteroatoms. The van der Waals surface area contributed by atoms with Crippen molar-refractivity contribution >= 4 is 28.2 Å². The molecule has 0 aliphatic rings. The van der Waals surface area contributed by atoms with Crippen LogP contribution in [0.2, 0.25) is 0 Å². The Morgan fingerprint density at radius 3 is 3.05 bits per heavy atom. The van der Waals surface area contributed by atoms with Crippen LogP contribution in [0.25, 0.3) is 0 Å². The molecule has 0 atom stereocenters.